The number of hydrogen-bond donors (Lipinski definition) is 2. The minimum atomic E-state index is -3.92. The van der Waals surface area contributed by atoms with Crippen LogP contribution in [0.5, 0.6) is 0 Å². The first-order chi connectivity index (χ1) is 14.3. The quantitative estimate of drug-likeness (QED) is 0.395. The molecule has 0 aliphatic heterocycles. The lowest BCUT2D eigenvalue weighted by molar-refractivity contribution is 0.601. The van der Waals surface area contributed by atoms with Crippen LogP contribution < -0.4 is 10.0 Å². The van der Waals surface area contributed by atoms with E-state index in [-0.39, 0.29) is 22.2 Å². The third-order valence-electron chi connectivity index (χ3n) is 4.32. The molecule has 0 aliphatic rings. The number of rotatable bonds is 5. The van der Waals surface area contributed by atoms with Crippen LogP contribution in [0.1, 0.15) is 5.56 Å². The predicted molar refractivity (Wildman–Crippen MR) is 119 cm³/mol. The molecule has 3 aromatic carbocycles. The largest absolute Gasteiger partial charge is 0.335 e. The monoisotopic (exact) mass is 486 g/mol. The first kappa shape index (κ1) is 20.2. The first-order valence-electron chi connectivity index (χ1n) is 8.90. The van der Waals surface area contributed by atoms with Crippen molar-refractivity contribution in [1.29, 1.82) is 0 Å². The summed E-state index contributed by atoms with van der Waals surface area (Å²) in [6.07, 6.45) is 0. The molecule has 6 nitrogen and oxygen atoms in total. The van der Waals surface area contributed by atoms with Crippen LogP contribution in [0.15, 0.2) is 76.1 Å². The van der Waals surface area contributed by atoms with Gasteiger partial charge in [0.1, 0.15) is 5.82 Å². The number of halogens is 2. The van der Waals surface area contributed by atoms with Gasteiger partial charge >= 0.3 is 0 Å². The van der Waals surface area contributed by atoms with Crippen molar-refractivity contribution in [3.63, 3.8) is 0 Å². The molecule has 30 heavy (non-hydrogen) atoms. The lowest BCUT2D eigenvalue weighted by Crippen LogP contribution is -2.16. The van der Waals surface area contributed by atoms with Crippen LogP contribution in [-0.4, -0.2) is 18.4 Å². The molecular formula is C21H16BrFN4O2S. The lowest BCUT2D eigenvalue weighted by atomic mass is 10.2. The fourth-order valence-electron chi connectivity index (χ4n) is 2.78. The summed E-state index contributed by atoms with van der Waals surface area (Å²) >= 11 is 3.21. The van der Waals surface area contributed by atoms with Gasteiger partial charge in [-0.3, -0.25) is 4.72 Å². The fraction of sp³-hybridized carbons (Fsp3) is 0.0476. The van der Waals surface area contributed by atoms with Crippen LogP contribution >= 0.6 is 15.9 Å². The Bertz CT molecular complexity index is 1350. The Balaban J connectivity index is 1.79. The molecule has 152 valence electrons. The van der Waals surface area contributed by atoms with Gasteiger partial charge in [-0.25, -0.2) is 22.8 Å². The molecule has 0 saturated carbocycles. The maximum absolute atomic E-state index is 14.3. The minimum Gasteiger partial charge on any atom is -0.335 e. The van der Waals surface area contributed by atoms with Gasteiger partial charge < -0.3 is 5.32 Å². The molecule has 4 aromatic rings. The van der Waals surface area contributed by atoms with E-state index < -0.39 is 15.8 Å². The first-order valence-corrected chi connectivity index (χ1v) is 11.2. The number of para-hydroxylation sites is 2. The minimum absolute atomic E-state index is 0.0309. The van der Waals surface area contributed by atoms with Crippen molar-refractivity contribution in [3.8, 4) is 0 Å². The molecule has 0 saturated heterocycles. The van der Waals surface area contributed by atoms with E-state index in [4.69, 9.17) is 0 Å². The molecule has 1 heterocycles. The van der Waals surface area contributed by atoms with E-state index in [1.54, 1.807) is 42.5 Å². The zero-order valence-electron chi connectivity index (χ0n) is 15.7. The Morgan fingerprint density at radius 3 is 2.17 bits per heavy atom. The van der Waals surface area contributed by atoms with Gasteiger partial charge in [-0.2, -0.15) is 0 Å². The molecule has 0 radical (unpaired) electrons. The third-order valence-corrected chi connectivity index (χ3v) is 6.17. The van der Waals surface area contributed by atoms with Gasteiger partial charge in [0.2, 0.25) is 0 Å². The number of hydrogen-bond acceptors (Lipinski definition) is 5. The summed E-state index contributed by atoms with van der Waals surface area (Å²) in [6.45, 7) is 1.87. The van der Waals surface area contributed by atoms with E-state index >= 15 is 0 Å². The van der Waals surface area contributed by atoms with Gasteiger partial charge in [-0.05, 0) is 49.4 Å². The van der Waals surface area contributed by atoms with Gasteiger partial charge in [0, 0.05) is 4.47 Å². The van der Waals surface area contributed by atoms with Crippen LogP contribution in [0.25, 0.3) is 11.0 Å². The highest BCUT2D eigenvalue weighted by molar-refractivity contribution is 9.10. The van der Waals surface area contributed by atoms with Crippen LogP contribution in [0.2, 0.25) is 0 Å². The Hall–Kier alpha value is -3.04. The van der Waals surface area contributed by atoms with Crippen LogP contribution in [-0.2, 0) is 10.0 Å². The maximum atomic E-state index is 14.3. The number of aryl methyl sites for hydroxylation is 1. The second-order valence-corrected chi connectivity index (χ2v) is 9.18. The summed E-state index contributed by atoms with van der Waals surface area (Å²) in [5, 5.41) is 2.85. The molecule has 0 bridgehead atoms. The maximum Gasteiger partial charge on any atom is 0.263 e. The van der Waals surface area contributed by atoms with E-state index in [9.17, 15) is 12.8 Å². The van der Waals surface area contributed by atoms with E-state index in [1.807, 2.05) is 6.92 Å². The molecule has 4 rings (SSSR count). The summed E-state index contributed by atoms with van der Waals surface area (Å²) in [7, 11) is -3.92. The molecule has 0 spiro atoms. The molecular weight excluding hydrogens is 471 g/mol. The average molecular weight is 487 g/mol. The Labute approximate surface area is 181 Å². The van der Waals surface area contributed by atoms with E-state index in [0.29, 0.717) is 15.5 Å². The number of benzene rings is 3. The second kappa shape index (κ2) is 8.00. The Morgan fingerprint density at radius 2 is 1.53 bits per heavy atom. The number of sulfonamides is 1. The summed E-state index contributed by atoms with van der Waals surface area (Å²) in [5.41, 5.74) is 2.11. The lowest BCUT2D eigenvalue weighted by Gasteiger charge is -2.14. The highest BCUT2D eigenvalue weighted by Gasteiger charge is 2.19. The van der Waals surface area contributed by atoms with E-state index in [1.165, 1.54) is 24.3 Å². The normalized spacial score (nSPS) is 11.4. The zero-order chi connectivity index (χ0) is 21.3. The van der Waals surface area contributed by atoms with Crippen molar-refractivity contribution in [2.45, 2.75) is 11.8 Å². The van der Waals surface area contributed by atoms with Gasteiger partial charge in [-0.15, -0.1) is 0 Å². The molecule has 9 heteroatoms. The van der Waals surface area contributed by atoms with Crippen molar-refractivity contribution in [2.24, 2.45) is 0 Å². The van der Waals surface area contributed by atoms with Crippen LogP contribution in [0.3, 0.4) is 0 Å². The molecule has 0 fully saturated rings. The summed E-state index contributed by atoms with van der Waals surface area (Å²) in [6, 6.07) is 17.9. The average Bonchev–Trinajstić information content (AvgIpc) is 2.70. The zero-order valence-corrected chi connectivity index (χ0v) is 18.1. The number of aromatic nitrogens is 2. The van der Waals surface area contributed by atoms with E-state index in [0.717, 1.165) is 5.56 Å². The van der Waals surface area contributed by atoms with Gasteiger partial charge in [0.25, 0.3) is 10.0 Å². The van der Waals surface area contributed by atoms with Gasteiger partial charge in [0.15, 0.2) is 11.6 Å². The van der Waals surface area contributed by atoms with Gasteiger partial charge in [0.05, 0.1) is 21.6 Å². The second-order valence-electron chi connectivity index (χ2n) is 6.58. The fourth-order valence-corrected chi connectivity index (χ4v) is 4.12. The molecule has 0 aliphatic carbocycles. The Morgan fingerprint density at radius 1 is 0.900 bits per heavy atom. The molecule has 1 aromatic heterocycles. The SMILES string of the molecule is Cc1ccc(S(=O)(=O)Nc2nc3ccccc3nc2Nc2ccc(Br)cc2F)cc1. The molecule has 2 N–H and O–H groups in total. The van der Waals surface area contributed by atoms with E-state index in [2.05, 4.69) is 35.9 Å². The van der Waals surface area contributed by atoms with Crippen molar-refractivity contribution in [1.82, 2.24) is 9.97 Å². The highest BCUT2D eigenvalue weighted by atomic mass is 79.9. The standard InChI is InChI=1S/C21H16BrFN4O2S/c1-13-6-9-15(10-7-13)30(28,29)27-21-20(24-17-11-8-14(22)12-16(17)23)25-18-4-2-3-5-19(18)26-21/h2-12H,1H3,(H,24,25)(H,26,27). The number of nitrogens with one attached hydrogen (secondary N) is 2. The summed E-state index contributed by atoms with van der Waals surface area (Å²) in [5.74, 6) is -0.464. The number of fused-ring (bicyclic) bond motifs is 1. The molecule has 0 unspecified atom stereocenters. The number of anilines is 3. The van der Waals surface area contributed by atoms with Crippen molar-refractivity contribution in [3.05, 3.63) is 82.6 Å². The number of nitrogens with zero attached hydrogens (tertiary/aromatic N) is 2. The van der Waals surface area contributed by atoms with Crippen molar-refractivity contribution >= 4 is 54.3 Å². The van der Waals surface area contributed by atoms with Gasteiger partial charge in [-0.1, -0.05) is 45.8 Å². The Kier molecular flexibility index (Phi) is 5.40. The van der Waals surface area contributed by atoms with Crippen LogP contribution in [0.4, 0.5) is 21.7 Å². The predicted octanol–water partition coefficient (Wildman–Crippen LogP) is 5.38. The summed E-state index contributed by atoms with van der Waals surface area (Å²) < 4.78 is 43.1. The van der Waals surface area contributed by atoms with Crippen LogP contribution in [0, 0.1) is 12.7 Å². The molecule has 0 atom stereocenters. The smallest absolute Gasteiger partial charge is 0.263 e. The topological polar surface area (TPSA) is 84.0 Å². The molecule has 0 amide bonds. The third kappa shape index (κ3) is 4.27. The van der Waals surface area contributed by atoms with Crippen molar-refractivity contribution in [2.75, 3.05) is 10.0 Å². The highest BCUT2D eigenvalue weighted by Crippen LogP contribution is 2.29. The van der Waals surface area contributed by atoms with Crippen molar-refractivity contribution < 1.29 is 12.8 Å². The summed E-state index contributed by atoms with van der Waals surface area (Å²) in [4.78, 5) is 8.93.